The number of carboxylic acid groups (broad SMARTS) is 1. The molecular weight excluding hydrogens is 364 g/mol. The van der Waals surface area contributed by atoms with Gasteiger partial charge in [0, 0.05) is 16.9 Å². The second-order valence-corrected chi connectivity index (χ2v) is 5.77. The standard InChI is InChI=1S/C15H11BrN4O3/c1-8-12(4-9(5-17-8)15(22)23)19-14(21)11-6-18-20-7-10(16)2-3-13(11)20/h2-7H,1H3,(H,19,21)(H,22,23). The Kier molecular flexibility index (Phi) is 3.83. The monoisotopic (exact) mass is 374 g/mol. The molecule has 2 N–H and O–H groups in total. The maximum absolute atomic E-state index is 12.5. The number of pyridine rings is 2. The summed E-state index contributed by atoms with van der Waals surface area (Å²) in [5.74, 6) is -1.48. The first-order chi connectivity index (χ1) is 11.0. The Balaban J connectivity index is 1.95. The Bertz CT molecular complexity index is 936. The lowest BCUT2D eigenvalue weighted by molar-refractivity contribution is 0.0696. The molecule has 0 aliphatic heterocycles. The molecule has 0 unspecified atom stereocenters. The molecule has 3 heterocycles. The Morgan fingerprint density at radius 1 is 1.30 bits per heavy atom. The molecule has 23 heavy (non-hydrogen) atoms. The van der Waals surface area contributed by atoms with E-state index in [1.54, 1.807) is 23.7 Å². The second kappa shape index (κ2) is 5.81. The van der Waals surface area contributed by atoms with Crippen molar-refractivity contribution in [3.8, 4) is 0 Å². The van der Waals surface area contributed by atoms with Gasteiger partial charge in [-0.1, -0.05) is 0 Å². The molecule has 0 saturated carbocycles. The van der Waals surface area contributed by atoms with E-state index in [0.717, 1.165) is 4.47 Å². The SMILES string of the molecule is Cc1ncc(C(=O)O)cc1NC(=O)c1cnn2cc(Br)ccc12. The lowest BCUT2D eigenvalue weighted by Gasteiger charge is -2.08. The van der Waals surface area contributed by atoms with Crippen LogP contribution in [-0.2, 0) is 0 Å². The zero-order valence-electron chi connectivity index (χ0n) is 11.9. The fourth-order valence-electron chi connectivity index (χ4n) is 2.10. The van der Waals surface area contributed by atoms with Crippen LogP contribution < -0.4 is 5.32 Å². The third-order valence-electron chi connectivity index (χ3n) is 3.31. The number of hydrogen-bond acceptors (Lipinski definition) is 4. The van der Waals surface area contributed by atoms with Gasteiger partial charge >= 0.3 is 5.97 Å². The summed E-state index contributed by atoms with van der Waals surface area (Å²) in [6.45, 7) is 1.69. The van der Waals surface area contributed by atoms with E-state index in [4.69, 9.17) is 5.11 Å². The van der Waals surface area contributed by atoms with Crippen molar-refractivity contribution in [2.75, 3.05) is 5.32 Å². The van der Waals surface area contributed by atoms with Crippen LogP contribution in [-0.4, -0.2) is 31.6 Å². The van der Waals surface area contributed by atoms with Crippen LogP contribution in [0.4, 0.5) is 5.69 Å². The maximum atomic E-state index is 12.5. The molecule has 8 heteroatoms. The molecule has 0 bridgehead atoms. The summed E-state index contributed by atoms with van der Waals surface area (Å²) in [4.78, 5) is 27.5. The third kappa shape index (κ3) is 2.93. The fourth-order valence-corrected chi connectivity index (χ4v) is 2.43. The molecular formula is C15H11BrN4O3. The van der Waals surface area contributed by atoms with Crippen LogP contribution >= 0.6 is 15.9 Å². The van der Waals surface area contributed by atoms with E-state index in [0.29, 0.717) is 22.5 Å². The van der Waals surface area contributed by atoms with Crippen molar-refractivity contribution in [2.24, 2.45) is 0 Å². The number of anilines is 1. The highest BCUT2D eigenvalue weighted by molar-refractivity contribution is 9.10. The smallest absolute Gasteiger partial charge is 0.337 e. The molecule has 3 aromatic heterocycles. The van der Waals surface area contributed by atoms with Gasteiger partial charge in [0.25, 0.3) is 5.91 Å². The molecule has 7 nitrogen and oxygen atoms in total. The number of halogens is 1. The van der Waals surface area contributed by atoms with Gasteiger partial charge in [-0.25, -0.2) is 9.31 Å². The lowest BCUT2D eigenvalue weighted by atomic mass is 10.2. The second-order valence-electron chi connectivity index (χ2n) is 4.85. The van der Waals surface area contributed by atoms with Gasteiger partial charge in [-0.3, -0.25) is 9.78 Å². The van der Waals surface area contributed by atoms with Crippen LogP contribution in [0.2, 0.25) is 0 Å². The van der Waals surface area contributed by atoms with Gasteiger partial charge in [0.2, 0.25) is 0 Å². The van der Waals surface area contributed by atoms with Gasteiger partial charge < -0.3 is 10.4 Å². The first-order valence-electron chi connectivity index (χ1n) is 6.60. The molecule has 3 rings (SSSR count). The van der Waals surface area contributed by atoms with Gasteiger partial charge in [0.15, 0.2) is 0 Å². The molecule has 0 spiro atoms. The minimum Gasteiger partial charge on any atom is -0.478 e. The molecule has 116 valence electrons. The highest BCUT2D eigenvalue weighted by Gasteiger charge is 2.15. The van der Waals surface area contributed by atoms with E-state index in [9.17, 15) is 9.59 Å². The number of carboxylic acids is 1. The highest BCUT2D eigenvalue weighted by Crippen LogP contribution is 2.19. The molecule has 0 aliphatic carbocycles. The van der Waals surface area contributed by atoms with Gasteiger partial charge in [-0.2, -0.15) is 5.10 Å². The number of carbonyl (C=O) groups excluding carboxylic acids is 1. The minimum absolute atomic E-state index is 0.00898. The number of aryl methyl sites for hydroxylation is 1. The lowest BCUT2D eigenvalue weighted by Crippen LogP contribution is -2.14. The highest BCUT2D eigenvalue weighted by atomic mass is 79.9. The maximum Gasteiger partial charge on any atom is 0.337 e. The predicted molar refractivity (Wildman–Crippen MR) is 86.8 cm³/mol. The summed E-state index contributed by atoms with van der Waals surface area (Å²) in [6, 6.07) is 4.96. The van der Waals surface area contributed by atoms with Gasteiger partial charge in [0.1, 0.15) is 0 Å². The topological polar surface area (TPSA) is 96.6 Å². The van der Waals surface area contributed by atoms with E-state index >= 15 is 0 Å². The zero-order valence-corrected chi connectivity index (χ0v) is 13.5. The first kappa shape index (κ1) is 15.2. The van der Waals surface area contributed by atoms with Crippen molar-refractivity contribution < 1.29 is 14.7 Å². The average Bonchev–Trinajstić information content (AvgIpc) is 2.92. The van der Waals surface area contributed by atoms with Crippen molar-refractivity contribution >= 4 is 39.0 Å². The molecule has 0 aliphatic rings. The molecule has 0 atom stereocenters. The van der Waals surface area contributed by atoms with E-state index in [1.165, 1.54) is 18.5 Å². The summed E-state index contributed by atoms with van der Waals surface area (Å²) in [5, 5.41) is 15.8. The van der Waals surface area contributed by atoms with Gasteiger partial charge in [-0.15, -0.1) is 0 Å². The van der Waals surface area contributed by atoms with Crippen molar-refractivity contribution in [1.82, 2.24) is 14.6 Å². The largest absolute Gasteiger partial charge is 0.478 e. The number of amides is 1. The molecule has 0 radical (unpaired) electrons. The van der Waals surface area contributed by atoms with Crippen molar-refractivity contribution in [3.63, 3.8) is 0 Å². The van der Waals surface area contributed by atoms with Gasteiger partial charge in [-0.05, 0) is 41.1 Å². The van der Waals surface area contributed by atoms with E-state index in [-0.39, 0.29) is 11.5 Å². The van der Waals surface area contributed by atoms with Crippen LogP contribution in [0.3, 0.4) is 0 Å². The quantitative estimate of drug-likeness (QED) is 0.734. The van der Waals surface area contributed by atoms with Crippen LogP contribution in [0.5, 0.6) is 0 Å². The Morgan fingerprint density at radius 2 is 2.09 bits per heavy atom. The van der Waals surface area contributed by atoms with E-state index in [2.05, 4.69) is 31.3 Å². The van der Waals surface area contributed by atoms with E-state index in [1.807, 2.05) is 6.07 Å². The normalized spacial score (nSPS) is 10.7. The number of nitrogens with zero attached hydrogens (tertiary/aromatic N) is 3. The summed E-state index contributed by atoms with van der Waals surface area (Å²) >= 11 is 3.34. The molecule has 1 amide bonds. The average molecular weight is 375 g/mol. The number of carbonyl (C=O) groups is 2. The zero-order chi connectivity index (χ0) is 16.6. The predicted octanol–water partition coefficient (Wildman–Crippen LogP) is 2.75. The van der Waals surface area contributed by atoms with Crippen LogP contribution in [0.1, 0.15) is 26.4 Å². The summed E-state index contributed by atoms with van der Waals surface area (Å²) < 4.78 is 2.42. The molecule has 0 aromatic carbocycles. The van der Waals surface area contributed by atoms with Gasteiger partial charge in [0.05, 0.1) is 34.2 Å². The van der Waals surface area contributed by atoms with Crippen molar-refractivity contribution in [3.05, 3.63) is 58.1 Å². The number of nitrogens with one attached hydrogen (secondary N) is 1. The van der Waals surface area contributed by atoms with Crippen LogP contribution in [0.15, 0.2) is 41.3 Å². The number of hydrogen-bond donors (Lipinski definition) is 2. The Labute approximate surface area is 139 Å². The fraction of sp³-hybridized carbons (Fsp3) is 0.0667. The number of aromatic carboxylic acids is 1. The molecule has 3 aromatic rings. The molecule has 0 fully saturated rings. The summed E-state index contributed by atoms with van der Waals surface area (Å²) in [5.41, 5.74) is 1.92. The molecule has 0 saturated heterocycles. The van der Waals surface area contributed by atoms with Crippen LogP contribution in [0.25, 0.3) is 5.52 Å². The number of aromatic nitrogens is 3. The minimum atomic E-state index is -1.10. The van der Waals surface area contributed by atoms with E-state index < -0.39 is 5.97 Å². The number of rotatable bonds is 3. The summed E-state index contributed by atoms with van der Waals surface area (Å²) in [6.07, 6.45) is 4.45. The Hall–Kier alpha value is -2.74. The van der Waals surface area contributed by atoms with Crippen molar-refractivity contribution in [1.29, 1.82) is 0 Å². The van der Waals surface area contributed by atoms with Crippen molar-refractivity contribution in [2.45, 2.75) is 6.92 Å². The van der Waals surface area contributed by atoms with Crippen LogP contribution in [0, 0.1) is 6.92 Å². The Morgan fingerprint density at radius 3 is 2.83 bits per heavy atom. The first-order valence-corrected chi connectivity index (χ1v) is 7.39. The third-order valence-corrected chi connectivity index (χ3v) is 3.78. The number of fused-ring (bicyclic) bond motifs is 1. The summed E-state index contributed by atoms with van der Waals surface area (Å²) in [7, 11) is 0.